The largest absolute Gasteiger partial charge is 0.497 e. The zero-order valence-electron chi connectivity index (χ0n) is 24.2. The summed E-state index contributed by atoms with van der Waals surface area (Å²) in [7, 11) is 4.66. The quantitative estimate of drug-likeness (QED) is 0.269. The number of carbonyl (C=O) groups is 1. The number of aliphatic hydroxyl groups excluding tert-OH is 2. The van der Waals surface area contributed by atoms with Crippen LogP contribution in [0.15, 0.2) is 78.9 Å². The lowest BCUT2D eigenvalue weighted by molar-refractivity contribution is -0.305. The highest BCUT2D eigenvalue weighted by Crippen LogP contribution is 2.35. The van der Waals surface area contributed by atoms with Crippen LogP contribution in [-0.2, 0) is 9.47 Å². The summed E-state index contributed by atoms with van der Waals surface area (Å²) in [6.45, 7) is 3.54. The lowest BCUT2D eigenvalue weighted by Crippen LogP contribution is -2.63. The summed E-state index contributed by atoms with van der Waals surface area (Å²) >= 11 is 0. The molecule has 0 radical (unpaired) electrons. The second-order valence-electron chi connectivity index (χ2n) is 10.7. The number of ether oxygens (including phenoxy) is 5. The van der Waals surface area contributed by atoms with Crippen molar-refractivity contribution in [1.29, 1.82) is 0 Å². The van der Waals surface area contributed by atoms with Gasteiger partial charge in [-0.2, -0.15) is 0 Å². The number of hydrogen-bond donors (Lipinski definition) is 3. The number of hydrogen-bond acceptors (Lipinski definition) is 8. The number of fused-ring (bicyclic) bond motifs is 1. The zero-order valence-corrected chi connectivity index (χ0v) is 24.2. The first kappa shape index (κ1) is 29.3. The smallest absolute Gasteiger partial charge is 0.255 e. The van der Waals surface area contributed by atoms with E-state index in [0.717, 1.165) is 21.9 Å². The number of nitrogens with one attached hydrogen (secondary N) is 1. The van der Waals surface area contributed by atoms with Crippen LogP contribution >= 0.6 is 0 Å². The van der Waals surface area contributed by atoms with Crippen molar-refractivity contribution in [2.75, 3.05) is 26.6 Å². The molecule has 4 unspecified atom stereocenters. The molecule has 9 nitrogen and oxygen atoms in total. The van der Waals surface area contributed by atoms with Gasteiger partial charge in [0, 0.05) is 23.9 Å². The number of anilines is 1. The minimum atomic E-state index is -1.29. The normalized spacial score (nSPS) is 21.5. The van der Waals surface area contributed by atoms with Gasteiger partial charge in [-0.3, -0.25) is 4.79 Å². The van der Waals surface area contributed by atoms with Crippen LogP contribution in [0.25, 0.3) is 21.9 Å². The third kappa shape index (κ3) is 5.91. The molecule has 5 rings (SSSR count). The number of carbonyl (C=O) groups excluding carboxylic acids is 1. The van der Waals surface area contributed by atoms with E-state index in [-0.39, 0.29) is 5.91 Å². The second-order valence-corrected chi connectivity index (χ2v) is 10.7. The highest BCUT2D eigenvalue weighted by Gasteiger charge is 2.50. The van der Waals surface area contributed by atoms with Crippen LogP contribution in [0.3, 0.4) is 0 Å². The molecular formula is C33H35NO8. The third-order valence-electron chi connectivity index (χ3n) is 7.46. The Morgan fingerprint density at radius 2 is 1.60 bits per heavy atom. The van der Waals surface area contributed by atoms with Crippen LogP contribution < -0.4 is 19.5 Å². The standard InChI is InChI=1S/C33H35NO8/c1-33(2)30(40-5)28(35)29(36)32(42-33)41-25-13-10-19-15-23(12-9-20(19)16-25)34-31(37)22-11-14-27(39-4)26(18-22)21-7-6-8-24(17-21)38-3/h6-18,28-30,32,35-36H,1-5H3,(H,34,37). The van der Waals surface area contributed by atoms with Crippen molar-refractivity contribution in [1.82, 2.24) is 0 Å². The number of methoxy groups -OCH3 is 3. The lowest BCUT2D eigenvalue weighted by atomic mass is 9.89. The Morgan fingerprint density at radius 3 is 2.33 bits per heavy atom. The molecule has 0 aliphatic carbocycles. The van der Waals surface area contributed by atoms with Crippen molar-refractivity contribution in [3.8, 4) is 28.4 Å². The van der Waals surface area contributed by atoms with Gasteiger partial charge in [0.2, 0.25) is 6.29 Å². The first-order chi connectivity index (χ1) is 20.1. The molecule has 4 atom stereocenters. The summed E-state index contributed by atoms with van der Waals surface area (Å²) in [5.74, 6) is 1.55. The monoisotopic (exact) mass is 573 g/mol. The predicted molar refractivity (Wildman–Crippen MR) is 159 cm³/mol. The maximum atomic E-state index is 13.2. The van der Waals surface area contributed by atoms with Gasteiger partial charge in [-0.15, -0.1) is 0 Å². The van der Waals surface area contributed by atoms with E-state index in [2.05, 4.69) is 5.32 Å². The Kier molecular flexibility index (Phi) is 8.38. The number of benzene rings is 4. The Hall–Kier alpha value is -4.15. The van der Waals surface area contributed by atoms with Crippen molar-refractivity contribution < 1.29 is 38.7 Å². The summed E-state index contributed by atoms with van der Waals surface area (Å²) in [4.78, 5) is 13.2. The molecule has 42 heavy (non-hydrogen) atoms. The van der Waals surface area contributed by atoms with Gasteiger partial charge < -0.3 is 39.2 Å². The summed E-state index contributed by atoms with van der Waals surface area (Å²) in [6.07, 6.45) is -4.25. The predicted octanol–water partition coefficient (Wildman–Crippen LogP) is 5.03. The van der Waals surface area contributed by atoms with Crippen molar-refractivity contribution in [2.45, 2.75) is 44.1 Å². The van der Waals surface area contributed by atoms with Gasteiger partial charge in [0.1, 0.15) is 35.6 Å². The highest BCUT2D eigenvalue weighted by molar-refractivity contribution is 6.06. The van der Waals surface area contributed by atoms with Gasteiger partial charge in [0.15, 0.2) is 0 Å². The highest BCUT2D eigenvalue weighted by atomic mass is 16.7. The summed E-state index contributed by atoms with van der Waals surface area (Å²) in [5.41, 5.74) is 1.87. The van der Waals surface area contributed by atoms with Crippen molar-refractivity contribution in [2.24, 2.45) is 0 Å². The van der Waals surface area contributed by atoms with Gasteiger partial charge in [0.25, 0.3) is 5.91 Å². The van der Waals surface area contributed by atoms with Crippen LogP contribution in [0.1, 0.15) is 24.2 Å². The molecule has 0 saturated carbocycles. The summed E-state index contributed by atoms with van der Waals surface area (Å²) < 4.78 is 28.1. The van der Waals surface area contributed by atoms with E-state index in [1.54, 1.807) is 58.4 Å². The third-order valence-corrected chi connectivity index (χ3v) is 7.46. The van der Waals surface area contributed by atoms with Gasteiger partial charge in [-0.1, -0.05) is 24.3 Å². The molecule has 220 valence electrons. The first-order valence-corrected chi connectivity index (χ1v) is 13.5. The van der Waals surface area contributed by atoms with E-state index < -0.39 is 30.2 Å². The van der Waals surface area contributed by atoms with Crippen LogP contribution in [0, 0.1) is 0 Å². The van der Waals surface area contributed by atoms with E-state index >= 15 is 0 Å². The van der Waals surface area contributed by atoms with Crippen molar-refractivity contribution in [3.63, 3.8) is 0 Å². The first-order valence-electron chi connectivity index (χ1n) is 13.5. The van der Waals surface area contributed by atoms with Crippen LogP contribution in [0.2, 0.25) is 0 Å². The molecule has 0 spiro atoms. The average molecular weight is 574 g/mol. The average Bonchev–Trinajstić information content (AvgIpc) is 2.99. The second kappa shape index (κ2) is 12.0. The number of rotatable bonds is 8. The zero-order chi connectivity index (χ0) is 30.0. The van der Waals surface area contributed by atoms with Crippen LogP contribution in [-0.4, -0.2) is 67.7 Å². The van der Waals surface area contributed by atoms with E-state index in [9.17, 15) is 15.0 Å². The molecular weight excluding hydrogens is 538 g/mol. The Balaban J connectivity index is 1.32. The van der Waals surface area contributed by atoms with E-state index in [1.165, 1.54) is 7.11 Å². The van der Waals surface area contributed by atoms with E-state index in [4.69, 9.17) is 23.7 Å². The molecule has 9 heteroatoms. The Morgan fingerprint density at radius 1 is 0.833 bits per heavy atom. The maximum absolute atomic E-state index is 13.2. The molecule has 1 aliphatic heterocycles. The summed E-state index contributed by atoms with van der Waals surface area (Å²) in [6, 6.07) is 23.8. The Bertz CT molecular complexity index is 1590. The summed E-state index contributed by atoms with van der Waals surface area (Å²) in [5, 5.41) is 25.8. The van der Waals surface area contributed by atoms with Gasteiger partial charge >= 0.3 is 0 Å². The molecule has 1 fully saturated rings. The van der Waals surface area contributed by atoms with Crippen molar-refractivity contribution in [3.05, 3.63) is 84.4 Å². The molecule has 1 heterocycles. The number of amides is 1. The van der Waals surface area contributed by atoms with Gasteiger partial charge in [-0.05, 0) is 84.8 Å². The lowest BCUT2D eigenvalue weighted by Gasteiger charge is -2.46. The topological polar surface area (TPSA) is 116 Å². The fraction of sp³-hybridized carbons (Fsp3) is 0.303. The minimum absolute atomic E-state index is 0.264. The van der Waals surface area contributed by atoms with Crippen molar-refractivity contribution >= 4 is 22.4 Å². The Labute approximate surface area is 244 Å². The van der Waals surface area contributed by atoms with E-state index in [0.29, 0.717) is 28.5 Å². The van der Waals surface area contributed by atoms with Gasteiger partial charge in [0.05, 0.1) is 19.8 Å². The van der Waals surface area contributed by atoms with Crippen LogP contribution in [0.4, 0.5) is 5.69 Å². The molecule has 4 aromatic rings. The van der Waals surface area contributed by atoms with E-state index in [1.807, 2.05) is 48.5 Å². The molecule has 3 N–H and O–H groups in total. The van der Waals surface area contributed by atoms with Gasteiger partial charge in [-0.25, -0.2) is 0 Å². The molecule has 0 bridgehead atoms. The SMILES string of the molecule is COc1cccc(-c2cc(C(=O)Nc3ccc4cc(OC5OC(C)(C)C(OC)C(O)C5O)ccc4c3)ccc2OC)c1. The molecule has 1 aliphatic rings. The molecule has 4 aromatic carbocycles. The molecule has 0 aromatic heterocycles. The molecule has 1 saturated heterocycles. The fourth-order valence-electron chi connectivity index (χ4n) is 5.28. The van der Waals surface area contributed by atoms with Crippen LogP contribution in [0.5, 0.6) is 17.2 Å². The molecule has 1 amide bonds. The number of aliphatic hydroxyl groups is 2. The minimum Gasteiger partial charge on any atom is -0.497 e. The fourth-order valence-corrected chi connectivity index (χ4v) is 5.28. The maximum Gasteiger partial charge on any atom is 0.255 e.